The minimum atomic E-state index is -0.391. The van der Waals surface area contributed by atoms with E-state index in [1.165, 1.54) is 0 Å². The summed E-state index contributed by atoms with van der Waals surface area (Å²) in [5.41, 5.74) is 2.53. The predicted octanol–water partition coefficient (Wildman–Crippen LogP) is 3.25. The molecule has 4 rings (SSSR count). The number of nitrogens with zero attached hydrogens (tertiary/aromatic N) is 3. The second kappa shape index (κ2) is 5.60. The molecule has 0 unspecified atom stereocenters. The number of carbonyl (C=O) groups excluding carboxylic acids is 1. The molecule has 1 amide bonds. The number of aromatic nitrogens is 3. The summed E-state index contributed by atoms with van der Waals surface area (Å²) in [4.78, 5) is 16.9. The van der Waals surface area contributed by atoms with Gasteiger partial charge in [-0.2, -0.15) is 5.10 Å². The molecule has 0 bridgehead atoms. The van der Waals surface area contributed by atoms with Crippen molar-refractivity contribution in [3.63, 3.8) is 0 Å². The average molecular weight is 318 g/mol. The molecule has 0 saturated heterocycles. The Bertz CT molecular complexity index is 881. The van der Waals surface area contributed by atoms with Gasteiger partial charge in [0.05, 0.1) is 11.1 Å². The lowest BCUT2D eigenvalue weighted by molar-refractivity contribution is -0.118. The number of benzene rings is 1. The first-order valence-electron chi connectivity index (χ1n) is 8.03. The van der Waals surface area contributed by atoms with Crippen LogP contribution in [0.4, 0.5) is 5.82 Å². The van der Waals surface area contributed by atoms with Gasteiger partial charge in [0, 0.05) is 24.2 Å². The van der Waals surface area contributed by atoms with Crippen molar-refractivity contribution in [1.82, 2.24) is 14.8 Å². The van der Waals surface area contributed by atoms with Crippen LogP contribution in [0.5, 0.6) is 0 Å². The first-order chi connectivity index (χ1) is 11.7. The molecule has 0 radical (unpaired) electrons. The molecule has 120 valence electrons. The summed E-state index contributed by atoms with van der Waals surface area (Å²) >= 11 is 0. The summed E-state index contributed by atoms with van der Waals surface area (Å²) < 4.78 is 1.74. The molecular formula is C19H18N4O. The van der Waals surface area contributed by atoms with Crippen molar-refractivity contribution in [3.8, 4) is 5.69 Å². The Labute approximate surface area is 140 Å². The second-order valence-electron chi connectivity index (χ2n) is 6.20. The lowest BCUT2D eigenvalue weighted by atomic mass is 9.95. The molecule has 2 heterocycles. The monoisotopic (exact) mass is 318 g/mol. The van der Waals surface area contributed by atoms with Gasteiger partial charge in [0.2, 0.25) is 5.91 Å². The van der Waals surface area contributed by atoms with Crippen LogP contribution in [0.25, 0.3) is 5.69 Å². The van der Waals surface area contributed by atoms with E-state index in [2.05, 4.69) is 15.4 Å². The van der Waals surface area contributed by atoms with E-state index < -0.39 is 5.41 Å². The first kappa shape index (κ1) is 14.6. The van der Waals surface area contributed by atoms with Crippen molar-refractivity contribution < 1.29 is 4.79 Å². The zero-order valence-corrected chi connectivity index (χ0v) is 13.4. The van der Waals surface area contributed by atoms with Crippen molar-refractivity contribution in [2.75, 3.05) is 5.32 Å². The maximum atomic E-state index is 12.7. The van der Waals surface area contributed by atoms with Crippen LogP contribution in [0.3, 0.4) is 0 Å². The van der Waals surface area contributed by atoms with Gasteiger partial charge in [-0.3, -0.25) is 9.78 Å². The van der Waals surface area contributed by atoms with Gasteiger partial charge in [-0.25, -0.2) is 4.68 Å². The van der Waals surface area contributed by atoms with Crippen molar-refractivity contribution in [3.05, 3.63) is 72.2 Å². The molecule has 5 nitrogen and oxygen atoms in total. The molecule has 5 heteroatoms. The summed E-state index contributed by atoms with van der Waals surface area (Å²) in [6, 6.07) is 15.6. The van der Waals surface area contributed by atoms with Crippen LogP contribution >= 0.6 is 0 Å². The number of amides is 1. The van der Waals surface area contributed by atoms with Crippen molar-refractivity contribution in [2.24, 2.45) is 0 Å². The maximum absolute atomic E-state index is 12.7. The molecule has 3 aromatic rings. The highest BCUT2D eigenvalue weighted by atomic mass is 16.2. The minimum absolute atomic E-state index is 0.0184. The molecule has 0 atom stereocenters. The third-order valence-electron chi connectivity index (χ3n) is 4.49. The summed E-state index contributed by atoms with van der Waals surface area (Å²) in [5.74, 6) is 0.585. The zero-order chi connectivity index (χ0) is 16.6. The SMILES string of the molecule is Cc1cc(-n2ccc(NC(=O)C3(c4ccccc4)CC3)n2)ccn1. The summed E-state index contributed by atoms with van der Waals surface area (Å²) in [6.45, 7) is 1.94. The highest BCUT2D eigenvalue weighted by Crippen LogP contribution is 2.48. The minimum Gasteiger partial charge on any atom is -0.308 e. The van der Waals surface area contributed by atoms with Crippen molar-refractivity contribution in [2.45, 2.75) is 25.2 Å². The van der Waals surface area contributed by atoms with Crippen LogP contribution in [0.2, 0.25) is 0 Å². The quantitative estimate of drug-likeness (QED) is 0.803. The molecule has 1 N–H and O–H groups in total. The van der Waals surface area contributed by atoms with Gasteiger partial charge in [-0.05, 0) is 37.5 Å². The fourth-order valence-electron chi connectivity index (χ4n) is 2.97. The van der Waals surface area contributed by atoms with Crippen LogP contribution in [0.15, 0.2) is 60.9 Å². The molecule has 0 spiro atoms. The van der Waals surface area contributed by atoms with Crippen LogP contribution in [-0.2, 0) is 10.2 Å². The topological polar surface area (TPSA) is 59.8 Å². The molecule has 2 aromatic heterocycles. The first-order valence-corrected chi connectivity index (χ1v) is 8.03. The smallest absolute Gasteiger partial charge is 0.236 e. The molecule has 1 aliphatic carbocycles. The van der Waals surface area contributed by atoms with E-state index in [0.717, 1.165) is 29.8 Å². The lowest BCUT2D eigenvalue weighted by Crippen LogP contribution is -2.28. The molecule has 1 saturated carbocycles. The van der Waals surface area contributed by atoms with Crippen molar-refractivity contribution in [1.29, 1.82) is 0 Å². The predicted molar refractivity (Wildman–Crippen MR) is 92.1 cm³/mol. The number of anilines is 1. The molecule has 1 aliphatic rings. The van der Waals surface area contributed by atoms with Crippen LogP contribution < -0.4 is 5.32 Å². The Hall–Kier alpha value is -2.95. The third kappa shape index (κ3) is 2.58. The second-order valence-corrected chi connectivity index (χ2v) is 6.20. The number of hydrogen-bond donors (Lipinski definition) is 1. The molecule has 24 heavy (non-hydrogen) atoms. The van der Waals surface area contributed by atoms with E-state index in [1.807, 2.05) is 61.7 Å². The largest absolute Gasteiger partial charge is 0.308 e. The Kier molecular flexibility index (Phi) is 3.41. The van der Waals surface area contributed by atoms with Crippen LogP contribution in [-0.4, -0.2) is 20.7 Å². The highest BCUT2D eigenvalue weighted by Gasteiger charge is 2.51. The number of carbonyl (C=O) groups is 1. The fraction of sp³-hybridized carbons (Fsp3) is 0.211. The van der Waals surface area contributed by atoms with Gasteiger partial charge in [0.25, 0.3) is 0 Å². The van der Waals surface area contributed by atoms with Crippen LogP contribution in [0, 0.1) is 6.92 Å². The van der Waals surface area contributed by atoms with Crippen molar-refractivity contribution >= 4 is 11.7 Å². The number of rotatable bonds is 4. The standard InChI is InChI=1S/C19H18N4O/c1-14-13-16(7-11-20-14)23-12-8-17(22-23)21-18(24)19(9-10-19)15-5-3-2-4-6-15/h2-8,11-13H,9-10H2,1H3,(H,21,22,24). The van der Waals surface area contributed by atoms with E-state index in [-0.39, 0.29) is 5.91 Å². The van der Waals surface area contributed by atoms with E-state index in [0.29, 0.717) is 5.82 Å². The van der Waals surface area contributed by atoms with E-state index in [1.54, 1.807) is 10.9 Å². The normalized spacial score (nSPS) is 15.0. The zero-order valence-electron chi connectivity index (χ0n) is 13.4. The van der Waals surface area contributed by atoms with Gasteiger partial charge in [0.15, 0.2) is 5.82 Å². The number of aryl methyl sites for hydroxylation is 1. The molecule has 1 fully saturated rings. The summed E-state index contributed by atoms with van der Waals surface area (Å²) in [6.07, 6.45) is 5.35. The maximum Gasteiger partial charge on any atom is 0.236 e. The molecular weight excluding hydrogens is 300 g/mol. The Morgan fingerprint density at radius 2 is 1.96 bits per heavy atom. The summed E-state index contributed by atoms with van der Waals surface area (Å²) in [5, 5.41) is 7.41. The molecule has 0 aliphatic heterocycles. The van der Waals surface area contributed by atoms with Gasteiger partial charge >= 0.3 is 0 Å². The van der Waals surface area contributed by atoms with Gasteiger partial charge in [-0.15, -0.1) is 0 Å². The van der Waals surface area contributed by atoms with E-state index in [9.17, 15) is 4.79 Å². The number of pyridine rings is 1. The third-order valence-corrected chi connectivity index (χ3v) is 4.49. The highest BCUT2D eigenvalue weighted by molar-refractivity contribution is 6.00. The van der Waals surface area contributed by atoms with Gasteiger partial charge in [0.1, 0.15) is 0 Å². The van der Waals surface area contributed by atoms with E-state index in [4.69, 9.17) is 0 Å². The Morgan fingerprint density at radius 1 is 1.17 bits per heavy atom. The number of nitrogens with one attached hydrogen (secondary N) is 1. The lowest BCUT2D eigenvalue weighted by Gasteiger charge is -2.14. The Balaban J connectivity index is 1.53. The number of hydrogen-bond acceptors (Lipinski definition) is 3. The molecule has 1 aromatic carbocycles. The van der Waals surface area contributed by atoms with Gasteiger partial charge in [-0.1, -0.05) is 30.3 Å². The van der Waals surface area contributed by atoms with Gasteiger partial charge < -0.3 is 5.32 Å². The Morgan fingerprint density at radius 3 is 2.67 bits per heavy atom. The van der Waals surface area contributed by atoms with E-state index >= 15 is 0 Å². The summed E-state index contributed by atoms with van der Waals surface area (Å²) in [7, 11) is 0. The fourth-order valence-corrected chi connectivity index (χ4v) is 2.97. The average Bonchev–Trinajstić information content (AvgIpc) is 3.29. The van der Waals surface area contributed by atoms with Crippen LogP contribution in [0.1, 0.15) is 24.1 Å².